The molecule has 24 heavy (non-hydrogen) atoms. The average molecular weight is 341 g/mol. The third-order valence-electron chi connectivity index (χ3n) is 3.40. The van der Waals surface area contributed by atoms with Crippen LogP contribution in [0.5, 0.6) is 0 Å². The van der Waals surface area contributed by atoms with Crippen LogP contribution in [0.1, 0.15) is 36.7 Å². The lowest BCUT2D eigenvalue weighted by Gasteiger charge is -2.12. The van der Waals surface area contributed by atoms with Crippen LogP contribution in [0.4, 0.5) is 8.78 Å². The largest absolute Gasteiger partial charge is 0.633 e. The monoisotopic (exact) mass is 341 g/mol. The zero-order chi connectivity index (χ0) is 17.5. The molecular formula is C13H18BF2N5O3. The second-order valence-corrected chi connectivity index (χ2v) is 5.23. The van der Waals surface area contributed by atoms with E-state index in [-0.39, 0.29) is 18.7 Å². The van der Waals surface area contributed by atoms with Gasteiger partial charge in [0.2, 0.25) is 0 Å². The van der Waals surface area contributed by atoms with Gasteiger partial charge in [0.05, 0.1) is 12.6 Å². The molecule has 0 fully saturated rings. The van der Waals surface area contributed by atoms with Gasteiger partial charge in [-0.15, -0.1) is 5.10 Å². The minimum Gasteiger partial charge on any atom is -0.402 e. The summed E-state index contributed by atoms with van der Waals surface area (Å²) in [5.74, 6) is -0.732. The van der Waals surface area contributed by atoms with Crippen molar-refractivity contribution in [2.24, 2.45) is 5.73 Å². The molecule has 0 aliphatic heterocycles. The number of benzene rings is 1. The van der Waals surface area contributed by atoms with Crippen LogP contribution in [0.2, 0.25) is 0 Å². The van der Waals surface area contributed by atoms with Crippen LogP contribution in [-0.2, 0) is 11.2 Å². The van der Waals surface area contributed by atoms with Gasteiger partial charge >= 0.3 is 7.32 Å². The molecule has 2 aromatic rings. The van der Waals surface area contributed by atoms with Crippen LogP contribution in [-0.4, -0.2) is 44.2 Å². The van der Waals surface area contributed by atoms with Crippen LogP contribution in [0.3, 0.4) is 0 Å². The van der Waals surface area contributed by atoms with Gasteiger partial charge in [-0.1, -0.05) is 0 Å². The van der Waals surface area contributed by atoms with Gasteiger partial charge in [0.15, 0.2) is 5.82 Å². The van der Waals surface area contributed by atoms with E-state index >= 15 is 0 Å². The molecule has 1 aromatic carbocycles. The van der Waals surface area contributed by atoms with Gasteiger partial charge in [-0.3, -0.25) is 0 Å². The Morgan fingerprint density at radius 3 is 2.83 bits per heavy atom. The van der Waals surface area contributed by atoms with E-state index in [4.69, 9.17) is 15.8 Å². The molecule has 11 heteroatoms. The van der Waals surface area contributed by atoms with E-state index in [1.165, 1.54) is 4.68 Å². The Bertz CT molecular complexity index is 658. The summed E-state index contributed by atoms with van der Waals surface area (Å²) in [6.45, 7) is 0.156. The molecule has 8 nitrogen and oxygen atoms in total. The van der Waals surface area contributed by atoms with Gasteiger partial charge in [0, 0.05) is 12.2 Å². The Labute approximate surface area is 137 Å². The number of hydrogen-bond donors (Lipinski definition) is 3. The first-order chi connectivity index (χ1) is 11.5. The van der Waals surface area contributed by atoms with Crippen LogP contribution in [0, 0.1) is 11.6 Å². The highest BCUT2D eigenvalue weighted by molar-refractivity contribution is 6.32. The van der Waals surface area contributed by atoms with Crippen molar-refractivity contribution in [1.29, 1.82) is 0 Å². The van der Waals surface area contributed by atoms with Crippen LogP contribution in [0.15, 0.2) is 18.2 Å². The van der Waals surface area contributed by atoms with Gasteiger partial charge in [0.25, 0.3) is 0 Å². The summed E-state index contributed by atoms with van der Waals surface area (Å²) >= 11 is 0. The first kappa shape index (κ1) is 18.4. The maximum Gasteiger partial charge on any atom is 0.633 e. The normalized spacial score (nSPS) is 12.4. The second kappa shape index (κ2) is 8.78. The number of nitrogens with two attached hydrogens (primary N) is 1. The van der Waals surface area contributed by atoms with Crippen LogP contribution < -0.4 is 5.73 Å². The van der Waals surface area contributed by atoms with E-state index in [0.29, 0.717) is 25.1 Å². The van der Waals surface area contributed by atoms with E-state index in [1.807, 2.05) is 0 Å². The van der Waals surface area contributed by atoms with Crippen LogP contribution >= 0.6 is 0 Å². The first-order valence-electron chi connectivity index (χ1n) is 7.40. The number of hydrogen-bond acceptors (Lipinski definition) is 7. The highest BCUT2D eigenvalue weighted by Gasteiger charge is 2.17. The Morgan fingerprint density at radius 1 is 1.29 bits per heavy atom. The molecule has 0 radical (unpaired) electrons. The lowest BCUT2D eigenvalue weighted by Crippen LogP contribution is -2.19. The minimum atomic E-state index is -1.79. The van der Waals surface area contributed by atoms with E-state index in [1.54, 1.807) is 0 Å². The molecule has 0 aliphatic carbocycles. The van der Waals surface area contributed by atoms with Crippen molar-refractivity contribution in [3.05, 3.63) is 41.2 Å². The molecule has 1 unspecified atom stereocenters. The van der Waals surface area contributed by atoms with E-state index in [9.17, 15) is 8.78 Å². The Balaban J connectivity index is 1.93. The molecule has 0 amide bonds. The average Bonchev–Trinajstić information content (AvgIpc) is 2.98. The van der Waals surface area contributed by atoms with Crippen molar-refractivity contribution in [2.75, 3.05) is 6.61 Å². The number of halogens is 2. The predicted molar refractivity (Wildman–Crippen MR) is 80.2 cm³/mol. The van der Waals surface area contributed by atoms with Gasteiger partial charge in [-0.25, -0.2) is 13.5 Å². The number of aromatic nitrogens is 4. The molecule has 0 bridgehead atoms. The fourth-order valence-corrected chi connectivity index (χ4v) is 2.20. The molecule has 2 rings (SSSR count). The van der Waals surface area contributed by atoms with Crippen molar-refractivity contribution in [1.82, 2.24) is 20.2 Å². The summed E-state index contributed by atoms with van der Waals surface area (Å²) in [6, 6.07) is 2.68. The van der Waals surface area contributed by atoms with E-state index in [2.05, 4.69) is 20.2 Å². The lowest BCUT2D eigenvalue weighted by atomic mass is 10.1. The maximum absolute atomic E-state index is 13.7. The molecular weight excluding hydrogens is 323 g/mol. The van der Waals surface area contributed by atoms with E-state index < -0.39 is 25.0 Å². The molecule has 1 aromatic heterocycles. The topological polar surface area (TPSA) is 119 Å². The summed E-state index contributed by atoms with van der Waals surface area (Å²) in [6.07, 6.45) is 1.75. The van der Waals surface area contributed by atoms with Crippen molar-refractivity contribution < 1.29 is 23.5 Å². The molecule has 1 heterocycles. The minimum absolute atomic E-state index is 0.0283. The quantitative estimate of drug-likeness (QED) is 0.439. The third-order valence-corrected chi connectivity index (χ3v) is 3.40. The summed E-state index contributed by atoms with van der Waals surface area (Å²) in [7, 11) is -1.79. The molecule has 130 valence electrons. The summed E-state index contributed by atoms with van der Waals surface area (Å²) in [5.41, 5.74) is 6.16. The molecule has 4 N–H and O–H groups in total. The maximum atomic E-state index is 13.7. The fourth-order valence-electron chi connectivity index (χ4n) is 2.20. The molecule has 0 aliphatic rings. The summed E-state index contributed by atoms with van der Waals surface area (Å²) in [4.78, 5) is 0. The molecule has 0 spiro atoms. The zero-order valence-corrected chi connectivity index (χ0v) is 12.8. The molecule has 0 saturated carbocycles. The van der Waals surface area contributed by atoms with E-state index in [0.717, 1.165) is 18.2 Å². The third kappa shape index (κ3) is 5.30. The Hall–Kier alpha value is -1.95. The van der Waals surface area contributed by atoms with Gasteiger partial charge in [0.1, 0.15) is 11.6 Å². The first-order valence-corrected chi connectivity index (χ1v) is 7.40. The Kier molecular flexibility index (Phi) is 6.73. The highest BCUT2D eigenvalue weighted by atomic mass is 19.1. The van der Waals surface area contributed by atoms with Gasteiger partial charge in [-0.2, -0.15) is 0 Å². The number of rotatable bonds is 9. The number of nitrogens with zero attached hydrogens (tertiary/aromatic N) is 4. The SMILES string of the molecule is NC(CCCCOB(O)O)c1nnnn1Cc1cc(F)ccc1F. The van der Waals surface area contributed by atoms with Gasteiger partial charge < -0.3 is 20.4 Å². The van der Waals surface area contributed by atoms with Gasteiger partial charge in [-0.05, 0) is 47.9 Å². The Morgan fingerprint density at radius 2 is 2.08 bits per heavy atom. The van der Waals surface area contributed by atoms with Crippen molar-refractivity contribution in [3.63, 3.8) is 0 Å². The van der Waals surface area contributed by atoms with Crippen LogP contribution in [0.25, 0.3) is 0 Å². The summed E-state index contributed by atoms with van der Waals surface area (Å²) in [5, 5.41) is 28.2. The molecule has 1 atom stereocenters. The second-order valence-electron chi connectivity index (χ2n) is 5.23. The standard InChI is InChI=1S/C13H18BF2N5O3/c15-10-4-5-11(16)9(7-10)8-21-13(18-19-20-21)12(17)3-1-2-6-24-14(22)23/h4-5,7,12,22-23H,1-3,6,8,17H2. The molecule has 0 saturated heterocycles. The van der Waals surface area contributed by atoms with Crippen molar-refractivity contribution in [3.8, 4) is 0 Å². The van der Waals surface area contributed by atoms with Crippen molar-refractivity contribution >= 4 is 7.32 Å². The lowest BCUT2D eigenvalue weighted by molar-refractivity contribution is 0.181. The summed E-state index contributed by atoms with van der Waals surface area (Å²) < 4.78 is 32.9. The fraction of sp³-hybridized carbons (Fsp3) is 0.462. The zero-order valence-electron chi connectivity index (χ0n) is 12.8. The smallest absolute Gasteiger partial charge is 0.402 e. The number of unbranched alkanes of at least 4 members (excludes halogenated alkanes) is 1. The highest BCUT2D eigenvalue weighted by Crippen LogP contribution is 2.16. The number of tetrazole rings is 1. The predicted octanol–water partition coefficient (Wildman–Crippen LogP) is 0.156. The van der Waals surface area contributed by atoms with Crippen molar-refractivity contribution in [2.45, 2.75) is 31.8 Å².